The number of benzene rings is 3. The first-order valence-electron chi connectivity index (χ1n) is 9.98. The van der Waals surface area contributed by atoms with E-state index in [1.165, 1.54) is 0 Å². The van der Waals surface area contributed by atoms with E-state index in [1.807, 2.05) is 71.6 Å². The van der Waals surface area contributed by atoms with Crippen LogP contribution in [-0.2, 0) is 0 Å². The molecule has 0 N–H and O–H groups in total. The monoisotopic (exact) mass is 383 g/mol. The zero-order valence-corrected chi connectivity index (χ0v) is 16.0. The van der Waals surface area contributed by atoms with Crippen LogP contribution in [0.1, 0.15) is 41.6 Å². The van der Waals surface area contributed by atoms with Gasteiger partial charge in [0, 0.05) is 17.7 Å². The number of piperidine rings is 1. The van der Waals surface area contributed by atoms with E-state index in [-0.39, 0.29) is 11.9 Å². The second-order valence-electron chi connectivity index (χ2n) is 7.39. The van der Waals surface area contributed by atoms with Gasteiger partial charge in [-0.25, -0.2) is 0 Å². The van der Waals surface area contributed by atoms with Crippen molar-refractivity contribution in [2.24, 2.45) is 0 Å². The summed E-state index contributed by atoms with van der Waals surface area (Å²) in [4.78, 5) is 19.8. The van der Waals surface area contributed by atoms with Gasteiger partial charge in [-0.15, -0.1) is 0 Å². The molecule has 3 aromatic carbocycles. The average molecular weight is 383 g/mol. The van der Waals surface area contributed by atoms with Crippen LogP contribution >= 0.6 is 0 Å². The summed E-state index contributed by atoms with van der Waals surface area (Å²) >= 11 is 0. The number of rotatable bonds is 3. The minimum Gasteiger partial charge on any atom is -0.337 e. The van der Waals surface area contributed by atoms with E-state index < -0.39 is 0 Å². The summed E-state index contributed by atoms with van der Waals surface area (Å²) in [6.07, 6.45) is 2.85. The summed E-state index contributed by atoms with van der Waals surface area (Å²) in [5.41, 5.74) is 1.60. The molecule has 0 unspecified atom stereocenters. The van der Waals surface area contributed by atoms with Crippen LogP contribution in [0.2, 0.25) is 0 Å². The maximum atomic E-state index is 13.3. The fraction of sp³-hybridized carbons (Fsp3) is 0.208. The molecule has 29 heavy (non-hydrogen) atoms. The fourth-order valence-corrected chi connectivity index (χ4v) is 3.99. The Labute approximate surface area is 169 Å². The predicted molar refractivity (Wildman–Crippen MR) is 111 cm³/mol. The molecule has 1 atom stereocenters. The number of fused-ring (bicyclic) bond motifs is 1. The molecule has 4 aromatic rings. The molecule has 1 saturated heterocycles. The largest absolute Gasteiger partial charge is 0.337 e. The van der Waals surface area contributed by atoms with Crippen LogP contribution in [0.4, 0.5) is 0 Å². The van der Waals surface area contributed by atoms with Crippen molar-refractivity contribution in [1.29, 1.82) is 0 Å². The van der Waals surface area contributed by atoms with Gasteiger partial charge in [-0.2, -0.15) is 4.98 Å². The molecular formula is C24H21N3O2. The zero-order valence-electron chi connectivity index (χ0n) is 16.0. The molecule has 5 rings (SSSR count). The van der Waals surface area contributed by atoms with Crippen LogP contribution in [0.5, 0.6) is 0 Å². The number of hydrogen-bond acceptors (Lipinski definition) is 4. The van der Waals surface area contributed by atoms with Crippen LogP contribution in [0.15, 0.2) is 77.3 Å². The first kappa shape index (κ1) is 17.6. The Bertz CT molecular complexity index is 1150. The molecule has 5 nitrogen and oxygen atoms in total. The molecule has 1 amide bonds. The minimum absolute atomic E-state index is 0.0138. The minimum atomic E-state index is -0.187. The average Bonchev–Trinajstić information content (AvgIpc) is 3.29. The van der Waals surface area contributed by atoms with Gasteiger partial charge in [-0.05, 0) is 42.2 Å². The summed E-state index contributed by atoms with van der Waals surface area (Å²) in [5, 5.41) is 6.34. The Morgan fingerprint density at radius 2 is 1.72 bits per heavy atom. The SMILES string of the molecule is O=C(c1ccc2ccccc2c1)N1CCCC[C@@H]1c1nc(-c2ccccc2)no1. The van der Waals surface area contributed by atoms with Crippen molar-refractivity contribution < 1.29 is 9.32 Å². The van der Waals surface area contributed by atoms with Crippen molar-refractivity contribution in [2.45, 2.75) is 25.3 Å². The van der Waals surface area contributed by atoms with Crippen molar-refractivity contribution in [2.75, 3.05) is 6.54 Å². The van der Waals surface area contributed by atoms with E-state index in [4.69, 9.17) is 4.52 Å². The lowest BCUT2D eigenvalue weighted by atomic mass is 9.99. The Balaban J connectivity index is 1.45. The van der Waals surface area contributed by atoms with Crippen molar-refractivity contribution in [3.8, 4) is 11.4 Å². The molecule has 0 aliphatic carbocycles. The van der Waals surface area contributed by atoms with Gasteiger partial charge >= 0.3 is 0 Å². The zero-order chi connectivity index (χ0) is 19.6. The number of hydrogen-bond donors (Lipinski definition) is 0. The number of carbonyl (C=O) groups is 1. The quantitative estimate of drug-likeness (QED) is 0.484. The highest BCUT2D eigenvalue weighted by Crippen LogP contribution is 2.32. The van der Waals surface area contributed by atoms with Crippen molar-refractivity contribution in [3.05, 3.63) is 84.3 Å². The number of amides is 1. The summed E-state index contributed by atoms with van der Waals surface area (Å²) in [7, 11) is 0. The molecule has 0 bridgehead atoms. The van der Waals surface area contributed by atoms with Gasteiger partial charge in [-0.1, -0.05) is 65.8 Å². The predicted octanol–water partition coefficient (Wildman–Crippen LogP) is 5.26. The van der Waals surface area contributed by atoms with E-state index >= 15 is 0 Å². The normalized spacial score (nSPS) is 16.8. The lowest BCUT2D eigenvalue weighted by Crippen LogP contribution is -2.38. The van der Waals surface area contributed by atoms with Crippen LogP contribution in [-0.4, -0.2) is 27.5 Å². The smallest absolute Gasteiger partial charge is 0.254 e. The number of likely N-dealkylation sites (tertiary alicyclic amines) is 1. The standard InChI is InChI=1S/C24H21N3O2/c28-24(20-14-13-17-8-4-5-11-19(17)16-20)27-15-7-6-12-21(27)23-25-22(26-29-23)18-9-2-1-3-10-18/h1-5,8-11,13-14,16,21H,6-7,12,15H2/t21-/m1/s1. The maximum absolute atomic E-state index is 13.3. The van der Waals surface area contributed by atoms with Gasteiger partial charge in [0.05, 0.1) is 0 Å². The van der Waals surface area contributed by atoms with E-state index in [0.29, 0.717) is 23.8 Å². The number of aromatic nitrogens is 2. The Kier molecular flexibility index (Phi) is 4.56. The summed E-state index contributed by atoms with van der Waals surface area (Å²) < 4.78 is 5.59. The third kappa shape index (κ3) is 3.40. The Hall–Kier alpha value is -3.47. The molecule has 144 valence electrons. The molecule has 1 aliphatic heterocycles. The molecule has 0 saturated carbocycles. The fourth-order valence-electron chi connectivity index (χ4n) is 3.99. The Morgan fingerprint density at radius 1 is 0.931 bits per heavy atom. The van der Waals surface area contributed by atoms with Crippen LogP contribution in [0, 0.1) is 0 Å². The third-order valence-corrected chi connectivity index (χ3v) is 5.52. The van der Waals surface area contributed by atoms with Gasteiger partial charge < -0.3 is 9.42 Å². The van der Waals surface area contributed by atoms with Crippen molar-refractivity contribution in [3.63, 3.8) is 0 Å². The second-order valence-corrected chi connectivity index (χ2v) is 7.39. The number of nitrogens with zero attached hydrogens (tertiary/aromatic N) is 3. The first-order valence-corrected chi connectivity index (χ1v) is 9.98. The van der Waals surface area contributed by atoms with E-state index in [2.05, 4.69) is 16.2 Å². The van der Waals surface area contributed by atoms with Gasteiger partial charge in [0.2, 0.25) is 11.7 Å². The topological polar surface area (TPSA) is 59.2 Å². The molecule has 1 aliphatic rings. The van der Waals surface area contributed by atoms with Crippen LogP contribution < -0.4 is 0 Å². The van der Waals surface area contributed by atoms with Crippen LogP contribution in [0.25, 0.3) is 22.2 Å². The summed E-state index contributed by atoms with van der Waals surface area (Å²) in [5.74, 6) is 1.09. The van der Waals surface area contributed by atoms with Crippen LogP contribution in [0.3, 0.4) is 0 Å². The number of carbonyl (C=O) groups excluding carboxylic acids is 1. The maximum Gasteiger partial charge on any atom is 0.254 e. The lowest BCUT2D eigenvalue weighted by Gasteiger charge is -2.33. The molecule has 5 heteroatoms. The highest BCUT2D eigenvalue weighted by Gasteiger charge is 2.32. The molecule has 1 fully saturated rings. The Morgan fingerprint density at radius 3 is 2.59 bits per heavy atom. The second kappa shape index (κ2) is 7.51. The summed E-state index contributed by atoms with van der Waals surface area (Å²) in [6.45, 7) is 0.694. The van der Waals surface area contributed by atoms with Crippen molar-refractivity contribution >= 4 is 16.7 Å². The molecular weight excluding hydrogens is 362 g/mol. The molecule has 0 radical (unpaired) electrons. The third-order valence-electron chi connectivity index (χ3n) is 5.52. The van der Waals surface area contributed by atoms with Gasteiger partial charge in [0.1, 0.15) is 6.04 Å². The highest BCUT2D eigenvalue weighted by atomic mass is 16.5. The van der Waals surface area contributed by atoms with Gasteiger partial charge in [0.25, 0.3) is 5.91 Å². The molecule has 0 spiro atoms. The summed E-state index contributed by atoms with van der Waals surface area (Å²) in [6, 6.07) is 23.5. The highest BCUT2D eigenvalue weighted by molar-refractivity contribution is 5.98. The molecule has 1 aromatic heterocycles. The lowest BCUT2D eigenvalue weighted by molar-refractivity contribution is 0.0561. The van der Waals surface area contributed by atoms with E-state index in [1.54, 1.807) is 0 Å². The van der Waals surface area contributed by atoms with Gasteiger partial charge in [0.15, 0.2) is 0 Å². The molecule has 2 heterocycles. The van der Waals surface area contributed by atoms with E-state index in [0.717, 1.165) is 35.6 Å². The van der Waals surface area contributed by atoms with Gasteiger partial charge in [-0.3, -0.25) is 4.79 Å². The van der Waals surface area contributed by atoms with Crippen molar-refractivity contribution in [1.82, 2.24) is 15.0 Å². The van der Waals surface area contributed by atoms with E-state index in [9.17, 15) is 4.79 Å². The first-order chi connectivity index (χ1) is 14.3.